The van der Waals surface area contributed by atoms with E-state index in [9.17, 15) is 4.79 Å². The van der Waals surface area contributed by atoms with Crippen molar-refractivity contribution < 1.29 is 4.79 Å². The molecule has 3 heteroatoms. The first-order valence-electron chi connectivity index (χ1n) is 7.39. The zero-order valence-corrected chi connectivity index (χ0v) is 11.7. The van der Waals surface area contributed by atoms with Gasteiger partial charge in [0.2, 0.25) is 5.91 Å². The first-order chi connectivity index (χ1) is 9.31. The molecule has 1 aromatic rings. The SMILES string of the molecule is CCCNC(=O)CCNC1CCCc2ccccc21. The molecule has 1 aromatic carbocycles. The van der Waals surface area contributed by atoms with Crippen molar-refractivity contribution in [3.05, 3.63) is 35.4 Å². The Kier molecular flexibility index (Phi) is 5.40. The van der Waals surface area contributed by atoms with Gasteiger partial charge >= 0.3 is 0 Å². The van der Waals surface area contributed by atoms with Gasteiger partial charge in [-0.2, -0.15) is 0 Å². The molecule has 0 saturated heterocycles. The molecule has 0 bridgehead atoms. The quantitative estimate of drug-likeness (QED) is 0.825. The molecule has 19 heavy (non-hydrogen) atoms. The molecule has 2 rings (SSSR count). The maximum Gasteiger partial charge on any atom is 0.221 e. The highest BCUT2D eigenvalue weighted by atomic mass is 16.1. The van der Waals surface area contributed by atoms with Gasteiger partial charge in [-0.05, 0) is 36.8 Å². The fraction of sp³-hybridized carbons (Fsp3) is 0.562. The fourth-order valence-corrected chi connectivity index (χ4v) is 2.68. The van der Waals surface area contributed by atoms with Crippen LogP contribution < -0.4 is 10.6 Å². The second kappa shape index (κ2) is 7.29. The van der Waals surface area contributed by atoms with Crippen LogP contribution in [0.4, 0.5) is 0 Å². The summed E-state index contributed by atoms with van der Waals surface area (Å²) < 4.78 is 0. The maximum absolute atomic E-state index is 11.5. The molecule has 2 N–H and O–H groups in total. The van der Waals surface area contributed by atoms with Crippen LogP contribution in [0.2, 0.25) is 0 Å². The van der Waals surface area contributed by atoms with Gasteiger partial charge in [-0.25, -0.2) is 0 Å². The van der Waals surface area contributed by atoms with Crippen molar-refractivity contribution in [2.24, 2.45) is 0 Å². The lowest BCUT2D eigenvalue weighted by atomic mass is 9.88. The Morgan fingerprint density at radius 1 is 1.32 bits per heavy atom. The Morgan fingerprint density at radius 3 is 3.00 bits per heavy atom. The highest BCUT2D eigenvalue weighted by molar-refractivity contribution is 5.75. The number of rotatable bonds is 6. The van der Waals surface area contributed by atoms with Gasteiger partial charge in [0.05, 0.1) is 0 Å². The molecular weight excluding hydrogens is 236 g/mol. The van der Waals surface area contributed by atoms with Crippen molar-refractivity contribution in [3.63, 3.8) is 0 Å². The Balaban J connectivity index is 1.80. The summed E-state index contributed by atoms with van der Waals surface area (Å²) in [5, 5.41) is 6.43. The summed E-state index contributed by atoms with van der Waals surface area (Å²) in [5.74, 6) is 0.151. The van der Waals surface area contributed by atoms with Crippen LogP contribution >= 0.6 is 0 Å². The standard InChI is InChI=1S/C16H24N2O/c1-2-11-18-16(19)10-12-17-15-9-5-7-13-6-3-4-8-14(13)15/h3-4,6,8,15,17H,2,5,7,9-12H2,1H3,(H,18,19). The molecule has 3 nitrogen and oxygen atoms in total. The smallest absolute Gasteiger partial charge is 0.221 e. The van der Waals surface area contributed by atoms with E-state index in [0.29, 0.717) is 12.5 Å². The lowest BCUT2D eigenvalue weighted by molar-refractivity contribution is -0.121. The van der Waals surface area contributed by atoms with Crippen LogP contribution in [-0.4, -0.2) is 19.0 Å². The number of hydrogen-bond acceptors (Lipinski definition) is 2. The summed E-state index contributed by atoms with van der Waals surface area (Å²) >= 11 is 0. The summed E-state index contributed by atoms with van der Waals surface area (Å²) in [7, 11) is 0. The molecule has 1 unspecified atom stereocenters. The minimum absolute atomic E-state index is 0.151. The monoisotopic (exact) mass is 260 g/mol. The largest absolute Gasteiger partial charge is 0.356 e. The molecule has 0 fully saturated rings. The zero-order valence-electron chi connectivity index (χ0n) is 11.7. The van der Waals surface area contributed by atoms with Crippen LogP contribution in [0.25, 0.3) is 0 Å². The molecule has 1 amide bonds. The molecule has 0 aliphatic heterocycles. The van der Waals surface area contributed by atoms with Gasteiger partial charge in [-0.15, -0.1) is 0 Å². The summed E-state index contributed by atoms with van der Waals surface area (Å²) in [4.78, 5) is 11.5. The van der Waals surface area contributed by atoms with Crippen LogP contribution in [0.1, 0.15) is 49.8 Å². The lowest BCUT2D eigenvalue weighted by Gasteiger charge is -2.26. The third kappa shape index (κ3) is 4.06. The van der Waals surface area contributed by atoms with Gasteiger partial charge in [0.1, 0.15) is 0 Å². The number of fused-ring (bicyclic) bond motifs is 1. The maximum atomic E-state index is 11.5. The Hall–Kier alpha value is -1.35. The molecule has 0 radical (unpaired) electrons. The van der Waals surface area contributed by atoms with E-state index in [-0.39, 0.29) is 5.91 Å². The average molecular weight is 260 g/mol. The average Bonchev–Trinajstić information content (AvgIpc) is 2.45. The van der Waals surface area contributed by atoms with E-state index in [1.807, 2.05) is 0 Å². The molecule has 0 spiro atoms. The Labute approximate surface area is 115 Å². The molecule has 104 valence electrons. The fourth-order valence-electron chi connectivity index (χ4n) is 2.68. The van der Waals surface area contributed by atoms with Crippen molar-refractivity contribution in [3.8, 4) is 0 Å². The van der Waals surface area contributed by atoms with Crippen molar-refractivity contribution in [1.29, 1.82) is 0 Å². The number of hydrogen-bond donors (Lipinski definition) is 2. The van der Waals surface area contributed by atoms with E-state index in [2.05, 4.69) is 41.8 Å². The predicted octanol–water partition coefficient (Wildman–Crippen LogP) is 2.57. The number of carbonyl (C=O) groups is 1. The van der Waals surface area contributed by atoms with Crippen LogP contribution in [0.3, 0.4) is 0 Å². The molecule has 0 heterocycles. The Bertz CT molecular complexity index is 417. The van der Waals surface area contributed by atoms with Gasteiger partial charge in [-0.3, -0.25) is 4.79 Å². The lowest BCUT2D eigenvalue weighted by Crippen LogP contribution is -2.31. The predicted molar refractivity (Wildman–Crippen MR) is 78.0 cm³/mol. The third-order valence-electron chi connectivity index (χ3n) is 3.68. The topological polar surface area (TPSA) is 41.1 Å². The minimum atomic E-state index is 0.151. The third-order valence-corrected chi connectivity index (χ3v) is 3.68. The highest BCUT2D eigenvalue weighted by Gasteiger charge is 2.18. The van der Waals surface area contributed by atoms with Gasteiger partial charge in [0.15, 0.2) is 0 Å². The normalized spacial score (nSPS) is 17.8. The van der Waals surface area contributed by atoms with Crippen molar-refractivity contribution in [1.82, 2.24) is 10.6 Å². The second-order valence-corrected chi connectivity index (χ2v) is 5.20. The first kappa shape index (κ1) is 14.1. The first-order valence-corrected chi connectivity index (χ1v) is 7.39. The summed E-state index contributed by atoms with van der Waals surface area (Å²) in [6, 6.07) is 9.07. The molecular formula is C16H24N2O. The Morgan fingerprint density at radius 2 is 2.16 bits per heavy atom. The van der Waals surface area contributed by atoms with Crippen LogP contribution in [0.5, 0.6) is 0 Å². The van der Waals surface area contributed by atoms with E-state index in [0.717, 1.165) is 19.5 Å². The number of benzene rings is 1. The minimum Gasteiger partial charge on any atom is -0.356 e. The van der Waals surface area contributed by atoms with E-state index in [1.165, 1.54) is 30.4 Å². The van der Waals surface area contributed by atoms with Gasteiger partial charge in [0.25, 0.3) is 0 Å². The second-order valence-electron chi connectivity index (χ2n) is 5.20. The van der Waals surface area contributed by atoms with E-state index in [4.69, 9.17) is 0 Å². The van der Waals surface area contributed by atoms with Gasteiger partial charge in [0, 0.05) is 25.6 Å². The van der Waals surface area contributed by atoms with Crippen molar-refractivity contribution >= 4 is 5.91 Å². The van der Waals surface area contributed by atoms with E-state index >= 15 is 0 Å². The summed E-state index contributed by atoms with van der Waals surface area (Å²) in [6.45, 7) is 3.61. The summed E-state index contributed by atoms with van der Waals surface area (Å²) in [6.07, 6.45) is 5.16. The molecule has 1 aliphatic rings. The number of aryl methyl sites for hydroxylation is 1. The zero-order chi connectivity index (χ0) is 13.5. The van der Waals surface area contributed by atoms with Gasteiger partial charge < -0.3 is 10.6 Å². The summed E-state index contributed by atoms with van der Waals surface area (Å²) in [5.41, 5.74) is 2.88. The van der Waals surface area contributed by atoms with Crippen LogP contribution in [0, 0.1) is 0 Å². The van der Waals surface area contributed by atoms with Crippen molar-refractivity contribution in [2.45, 2.75) is 45.1 Å². The number of nitrogens with one attached hydrogen (secondary N) is 2. The van der Waals surface area contributed by atoms with Crippen molar-refractivity contribution in [2.75, 3.05) is 13.1 Å². The highest BCUT2D eigenvalue weighted by Crippen LogP contribution is 2.29. The van der Waals surface area contributed by atoms with Crippen LogP contribution in [-0.2, 0) is 11.2 Å². The van der Waals surface area contributed by atoms with E-state index in [1.54, 1.807) is 0 Å². The molecule has 0 aromatic heterocycles. The van der Waals surface area contributed by atoms with Crippen LogP contribution in [0.15, 0.2) is 24.3 Å². The molecule has 1 atom stereocenters. The molecule has 0 saturated carbocycles. The molecule has 1 aliphatic carbocycles. The number of amides is 1. The van der Waals surface area contributed by atoms with Gasteiger partial charge in [-0.1, -0.05) is 31.2 Å². The van der Waals surface area contributed by atoms with E-state index < -0.39 is 0 Å². The number of carbonyl (C=O) groups excluding carboxylic acids is 1.